The van der Waals surface area contributed by atoms with Crippen LogP contribution in [-0.2, 0) is 9.47 Å². The zero-order valence-electron chi connectivity index (χ0n) is 8.44. The number of esters is 1. The van der Waals surface area contributed by atoms with E-state index in [1.54, 1.807) is 26.5 Å². The Labute approximate surface area is 86.9 Å². The SMILES string of the molecule is COC[C@H](C)OC(=O)c1scnc1C. The van der Waals surface area contributed by atoms with E-state index in [0.717, 1.165) is 0 Å². The molecule has 0 saturated carbocycles. The first-order valence-electron chi connectivity index (χ1n) is 4.25. The summed E-state index contributed by atoms with van der Waals surface area (Å²) in [5.74, 6) is -0.324. The van der Waals surface area contributed by atoms with Crippen LogP contribution in [0.25, 0.3) is 0 Å². The van der Waals surface area contributed by atoms with Gasteiger partial charge in [0.2, 0.25) is 0 Å². The monoisotopic (exact) mass is 215 g/mol. The van der Waals surface area contributed by atoms with Gasteiger partial charge in [0, 0.05) is 7.11 Å². The van der Waals surface area contributed by atoms with Crippen molar-refractivity contribution in [3.8, 4) is 0 Å². The van der Waals surface area contributed by atoms with Crippen molar-refractivity contribution in [2.24, 2.45) is 0 Å². The van der Waals surface area contributed by atoms with Crippen LogP contribution in [0.3, 0.4) is 0 Å². The second-order valence-electron chi connectivity index (χ2n) is 2.94. The maximum Gasteiger partial charge on any atom is 0.350 e. The zero-order chi connectivity index (χ0) is 10.6. The largest absolute Gasteiger partial charge is 0.456 e. The lowest BCUT2D eigenvalue weighted by Gasteiger charge is -2.10. The van der Waals surface area contributed by atoms with Gasteiger partial charge in [0.25, 0.3) is 0 Å². The number of ether oxygens (including phenoxy) is 2. The Bertz CT molecular complexity index is 311. The molecule has 0 spiro atoms. The van der Waals surface area contributed by atoms with Gasteiger partial charge >= 0.3 is 5.97 Å². The molecule has 1 aromatic heterocycles. The Morgan fingerprint density at radius 3 is 2.93 bits per heavy atom. The normalized spacial score (nSPS) is 12.5. The predicted octanol–water partition coefficient (Wildman–Crippen LogP) is 1.64. The van der Waals surface area contributed by atoms with Gasteiger partial charge in [-0.15, -0.1) is 11.3 Å². The van der Waals surface area contributed by atoms with Gasteiger partial charge in [0.1, 0.15) is 11.0 Å². The van der Waals surface area contributed by atoms with Crippen molar-refractivity contribution >= 4 is 17.3 Å². The Kier molecular flexibility index (Phi) is 4.03. The molecular formula is C9H13NO3S. The van der Waals surface area contributed by atoms with Crippen LogP contribution in [0.2, 0.25) is 0 Å². The van der Waals surface area contributed by atoms with Crippen LogP contribution in [0.4, 0.5) is 0 Å². The van der Waals surface area contributed by atoms with E-state index in [0.29, 0.717) is 17.2 Å². The summed E-state index contributed by atoms with van der Waals surface area (Å²) in [5.41, 5.74) is 2.34. The molecule has 0 fully saturated rings. The van der Waals surface area contributed by atoms with Gasteiger partial charge in [-0.05, 0) is 13.8 Å². The Hall–Kier alpha value is -0.940. The molecule has 0 bridgehead atoms. The minimum atomic E-state index is -0.324. The van der Waals surface area contributed by atoms with E-state index in [2.05, 4.69) is 4.98 Å². The first-order valence-corrected chi connectivity index (χ1v) is 5.13. The number of carbonyl (C=O) groups is 1. The number of methoxy groups -OCH3 is 1. The number of aryl methyl sites for hydroxylation is 1. The second-order valence-corrected chi connectivity index (χ2v) is 3.79. The minimum absolute atomic E-state index is 0.228. The maximum absolute atomic E-state index is 11.5. The number of hydrogen-bond donors (Lipinski definition) is 0. The van der Waals surface area contributed by atoms with Crippen LogP contribution < -0.4 is 0 Å². The maximum atomic E-state index is 11.5. The Morgan fingerprint density at radius 2 is 2.43 bits per heavy atom. The molecule has 1 atom stereocenters. The Morgan fingerprint density at radius 1 is 1.71 bits per heavy atom. The number of hydrogen-bond acceptors (Lipinski definition) is 5. The molecular weight excluding hydrogens is 202 g/mol. The van der Waals surface area contributed by atoms with E-state index in [1.807, 2.05) is 0 Å². The average Bonchev–Trinajstić information content (AvgIpc) is 2.51. The average molecular weight is 215 g/mol. The second kappa shape index (κ2) is 5.07. The third kappa shape index (κ3) is 2.78. The van der Waals surface area contributed by atoms with Gasteiger partial charge in [-0.2, -0.15) is 0 Å². The quantitative estimate of drug-likeness (QED) is 0.716. The molecule has 0 aliphatic heterocycles. The summed E-state index contributed by atoms with van der Waals surface area (Å²) in [5, 5.41) is 0. The highest BCUT2D eigenvalue weighted by Crippen LogP contribution is 2.14. The molecule has 1 aromatic rings. The highest BCUT2D eigenvalue weighted by Gasteiger charge is 2.15. The van der Waals surface area contributed by atoms with E-state index < -0.39 is 0 Å². The van der Waals surface area contributed by atoms with Crippen LogP contribution in [0.5, 0.6) is 0 Å². The third-order valence-corrected chi connectivity index (χ3v) is 2.55. The van der Waals surface area contributed by atoms with Crippen LogP contribution in [0.15, 0.2) is 5.51 Å². The lowest BCUT2D eigenvalue weighted by Crippen LogP contribution is -2.19. The van der Waals surface area contributed by atoms with Crippen molar-refractivity contribution in [3.05, 3.63) is 16.1 Å². The molecule has 0 aliphatic rings. The summed E-state index contributed by atoms with van der Waals surface area (Å²) >= 11 is 1.29. The fourth-order valence-corrected chi connectivity index (χ4v) is 1.69. The van der Waals surface area contributed by atoms with Crippen molar-refractivity contribution in [2.75, 3.05) is 13.7 Å². The number of rotatable bonds is 4. The first kappa shape index (κ1) is 11.1. The highest BCUT2D eigenvalue weighted by atomic mass is 32.1. The molecule has 0 amide bonds. The summed E-state index contributed by atoms with van der Waals surface area (Å²) in [6, 6.07) is 0. The van der Waals surface area contributed by atoms with E-state index in [1.165, 1.54) is 11.3 Å². The summed E-state index contributed by atoms with van der Waals surface area (Å²) in [6.07, 6.45) is -0.228. The molecule has 0 radical (unpaired) electrons. The number of nitrogens with zero attached hydrogens (tertiary/aromatic N) is 1. The lowest BCUT2D eigenvalue weighted by atomic mass is 10.4. The van der Waals surface area contributed by atoms with Gasteiger partial charge < -0.3 is 9.47 Å². The smallest absolute Gasteiger partial charge is 0.350 e. The molecule has 0 aromatic carbocycles. The summed E-state index contributed by atoms with van der Waals surface area (Å²) in [4.78, 5) is 16.0. The summed E-state index contributed by atoms with van der Waals surface area (Å²) < 4.78 is 9.99. The fourth-order valence-electron chi connectivity index (χ4n) is 1.00. The molecule has 0 saturated heterocycles. The van der Waals surface area contributed by atoms with Gasteiger partial charge in [-0.1, -0.05) is 0 Å². The molecule has 0 N–H and O–H groups in total. The molecule has 0 aliphatic carbocycles. The van der Waals surface area contributed by atoms with Gasteiger partial charge in [0.05, 0.1) is 17.8 Å². The van der Waals surface area contributed by atoms with Crippen LogP contribution in [0, 0.1) is 6.92 Å². The molecule has 14 heavy (non-hydrogen) atoms. The highest BCUT2D eigenvalue weighted by molar-refractivity contribution is 7.11. The van der Waals surface area contributed by atoms with E-state index in [-0.39, 0.29) is 12.1 Å². The van der Waals surface area contributed by atoms with Crippen molar-refractivity contribution in [1.29, 1.82) is 0 Å². The van der Waals surface area contributed by atoms with Crippen molar-refractivity contribution in [3.63, 3.8) is 0 Å². The van der Waals surface area contributed by atoms with Crippen LogP contribution >= 0.6 is 11.3 Å². The zero-order valence-corrected chi connectivity index (χ0v) is 9.26. The van der Waals surface area contributed by atoms with Gasteiger partial charge in [-0.3, -0.25) is 0 Å². The summed E-state index contributed by atoms with van der Waals surface area (Å²) in [6.45, 7) is 3.98. The molecule has 1 heterocycles. The van der Waals surface area contributed by atoms with Crippen molar-refractivity contribution in [2.45, 2.75) is 20.0 Å². The van der Waals surface area contributed by atoms with Gasteiger partial charge in [-0.25, -0.2) is 9.78 Å². The van der Waals surface area contributed by atoms with Crippen molar-refractivity contribution in [1.82, 2.24) is 4.98 Å². The molecule has 0 unspecified atom stereocenters. The molecule has 5 heteroatoms. The number of thiazole rings is 1. The van der Waals surface area contributed by atoms with Crippen LogP contribution in [0.1, 0.15) is 22.3 Å². The third-order valence-electron chi connectivity index (χ3n) is 1.64. The minimum Gasteiger partial charge on any atom is -0.456 e. The number of aromatic nitrogens is 1. The van der Waals surface area contributed by atoms with E-state index in [4.69, 9.17) is 9.47 Å². The first-order chi connectivity index (χ1) is 6.65. The summed E-state index contributed by atoms with van der Waals surface area (Å²) in [7, 11) is 1.57. The predicted molar refractivity (Wildman–Crippen MR) is 53.6 cm³/mol. The lowest BCUT2D eigenvalue weighted by molar-refractivity contribution is 0.0124. The van der Waals surface area contributed by atoms with Crippen molar-refractivity contribution < 1.29 is 14.3 Å². The fraction of sp³-hybridized carbons (Fsp3) is 0.556. The van der Waals surface area contributed by atoms with E-state index >= 15 is 0 Å². The standard InChI is InChI=1S/C9H13NO3S/c1-6(4-12-3)13-9(11)8-7(2)10-5-14-8/h5-6H,4H2,1-3H3/t6-/m0/s1. The molecule has 4 nitrogen and oxygen atoms in total. The molecule has 78 valence electrons. The Balaban J connectivity index is 2.55. The van der Waals surface area contributed by atoms with Crippen LogP contribution in [-0.4, -0.2) is 30.8 Å². The number of carbonyl (C=O) groups excluding carboxylic acids is 1. The van der Waals surface area contributed by atoms with Gasteiger partial charge in [0.15, 0.2) is 0 Å². The topological polar surface area (TPSA) is 48.4 Å². The van der Waals surface area contributed by atoms with E-state index in [9.17, 15) is 4.79 Å². The molecule has 1 rings (SSSR count).